The minimum atomic E-state index is -0.572. The molecule has 0 spiro atoms. The van der Waals surface area contributed by atoms with Crippen molar-refractivity contribution in [2.75, 3.05) is 16.0 Å². The molecule has 12 heteroatoms. The number of allylic oxidation sites excluding steroid dienone is 3. The molecule has 194 valence electrons. The third-order valence-corrected chi connectivity index (χ3v) is 9.11. The van der Waals surface area contributed by atoms with Gasteiger partial charge in [-0.05, 0) is 48.7 Å². The summed E-state index contributed by atoms with van der Waals surface area (Å²) in [5, 5.41) is 30.8. The fourth-order valence-corrected chi connectivity index (χ4v) is 6.82. The number of nitrogens with one attached hydrogen (secondary N) is 1. The number of aromatic nitrogens is 2. The lowest BCUT2D eigenvalue weighted by Crippen LogP contribution is -2.38. The minimum Gasteiger partial charge on any atom is -0.384 e. The van der Waals surface area contributed by atoms with Crippen molar-refractivity contribution in [2.24, 2.45) is 5.73 Å². The normalized spacial score (nSPS) is 16.9. The van der Waals surface area contributed by atoms with Crippen molar-refractivity contribution < 1.29 is 9.59 Å². The molecule has 1 aliphatic heterocycles. The van der Waals surface area contributed by atoms with Crippen molar-refractivity contribution in [1.29, 1.82) is 10.5 Å². The van der Waals surface area contributed by atoms with Crippen LogP contribution in [0.2, 0.25) is 0 Å². The number of nitrogens with zero attached hydrogens (tertiary/aromatic N) is 5. The Morgan fingerprint density at radius 1 is 1.15 bits per heavy atom. The fraction of sp³-hybridized carbons (Fsp3) is 0.185. The van der Waals surface area contributed by atoms with E-state index in [1.54, 1.807) is 29.2 Å². The van der Waals surface area contributed by atoms with Crippen LogP contribution in [0.4, 0.5) is 10.8 Å². The number of benzene rings is 2. The smallest absolute Gasteiger partial charge is 0.234 e. The molecule has 1 aliphatic carbocycles. The van der Waals surface area contributed by atoms with Gasteiger partial charge in [0, 0.05) is 27.9 Å². The van der Waals surface area contributed by atoms with Crippen molar-refractivity contribution in [3.8, 4) is 12.1 Å². The number of anilines is 2. The summed E-state index contributed by atoms with van der Waals surface area (Å²) >= 11 is 6.03. The van der Waals surface area contributed by atoms with Gasteiger partial charge in [0.05, 0.1) is 34.9 Å². The Morgan fingerprint density at radius 2 is 1.92 bits per heavy atom. The summed E-state index contributed by atoms with van der Waals surface area (Å²) in [5.41, 5.74) is 10.1. The molecule has 1 aromatic heterocycles. The SMILES string of the molecule is N#CC1=C(N)N(c2nnc(SCC(=O)Nc3ccc(C#N)cc3)s2)C2=C(C(=O)CCC2)C1c1ccccc1Br. The standard InChI is InChI=1S/C27H20BrN7O2S2/c28-19-5-2-1-4-17(19)23-18(13-30)25(31)35(20-6-3-7-21(36)24(20)23)26-33-34-27(39-26)38-14-22(37)32-16-10-8-15(12-29)9-11-16/h1-2,4-5,8-11,23H,3,6-7,14,31H2,(H,32,37). The number of carbonyl (C=O) groups excluding carboxylic acids is 2. The van der Waals surface area contributed by atoms with Crippen LogP contribution in [0, 0.1) is 22.7 Å². The van der Waals surface area contributed by atoms with Crippen LogP contribution in [-0.2, 0) is 9.59 Å². The Balaban J connectivity index is 1.40. The number of rotatable bonds is 6. The second-order valence-corrected chi connectivity index (χ2v) is 11.7. The van der Waals surface area contributed by atoms with Gasteiger partial charge in [-0.25, -0.2) is 0 Å². The van der Waals surface area contributed by atoms with Crippen molar-refractivity contribution in [1.82, 2.24) is 10.2 Å². The van der Waals surface area contributed by atoms with E-state index in [4.69, 9.17) is 11.0 Å². The second kappa shape index (κ2) is 11.4. The zero-order valence-electron chi connectivity index (χ0n) is 20.3. The molecular formula is C27H20BrN7O2S2. The summed E-state index contributed by atoms with van der Waals surface area (Å²) in [4.78, 5) is 27.4. The number of nitrogens with two attached hydrogens (primary N) is 1. The van der Waals surface area contributed by atoms with Crippen molar-refractivity contribution in [3.05, 3.63) is 86.8 Å². The summed E-state index contributed by atoms with van der Waals surface area (Å²) in [6.07, 6.45) is 1.68. The zero-order valence-corrected chi connectivity index (χ0v) is 23.6. The lowest BCUT2D eigenvalue weighted by molar-refractivity contribution is -0.116. The molecule has 0 fully saturated rings. The monoisotopic (exact) mass is 617 g/mol. The molecule has 9 nitrogen and oxygen atoms in total. The van der Waals surface area contributed by atoms with Gasteiger partial charge in [0.2, 0.25) is 11.0 Å². The molecule has 1 atom stereocenters. The Hall–Kier alpha value is -3.97. The van der Waals surface area contributed by atoms with Gasteiger partial charge in [-0.3, -0.25) is 14.5 Å². The average Bonchev–Trinajstić information content (AvgIpc) is 3.41. The highest BCUT2D eigenvalue weighted by molar-refractivity contribution is 9.10. The van der Waals surface area contributed by atoms with Gasteiger partial charge in [-0.2, -0.15) is 10.5 Å². The molecule has 0 bridgehead atoms. The van der Waals surface area contributed by atoms with Crippen molar-refractivity contribution in [2.45, 2.75) is 29.5 Å². The third kappa shape index (κ3) is 5.32. The van der Waals surface area contributed by atoms with E-state index in [-0.39, 0.29) is 28.8 Å². The van der Waals surface area contributed by atoms with E-state index >= 15 is 0 Å². The number of hydrogen-bond acceptors (Lipinski definition) is 10. The fourth-order valence-electron chi connectivity index (χ4n) is 4.63. The maximum absolute atomic E-state index is 13.3. The second-order valence-electron chi connectivity index (χ2n) is 8.71. The number of hydrogen-bond donors (Lipinski definition) is 2. The number of amides is 1. The Morgan fingerprint density at radius 3 is 2.64 bits per heavy atom. The molecule has 39 heavy (non-hydrogen) atoms. The maximum Gasteiger partial charge on any atom is 0.234 e. The summed E-state index contributed by atoms with van der Waals surface area (Å²) in [7, 11) is 0. The molecular weight excluding hydrogens is 598 g/mol. The summed E-state index contributed by atoms with van der Waals surface area (Å²) in [6, 6.07) is 18.4. The highest BCUT2D eigenvalue weighted by atomic mass is 79.9. The van der Waals surface area contributed by atoms with Gasteiger partial charge < -0.3 is 11.1 Å². The van der Waals surface area contributed by atoms with Crippen LogP contribution < -0.4 is 16.0 Å². The molecule has 5 rings (SSSR count). The molecule has 1 unspecified atom stereocenters. The number of ketones is 1. The van der Waals surface area contributed by atoms with Crippen molar-refractivity contribution >= 4 is 61.5 Å². The van der Waals surface area contributed by atoms with Crippen LogP contribution >= 0.6 is 39.0 Å². The van der Waals surface area contributed by atoms with E-state index in [0.29, 0.717) is 45.6 Å². The topological polar surface area (TPSA) is 149 Å². The van der Waals surface area contributed by atoms with E-state index in [9.17, 15) is 14.9 Å². The van der Waals surface area contributed by atoms with E-state index in [2.05, 4.69) is 37.5 Å². The first kappa shape index (κ1) is 26.6. The molecule has 3 aromatic rings. The summed E-state index contributed by atoms with van der Waals surface area (Å²) < 4.78 is 1.34. The molecule has 2 heterocycles. The van der Waals surface area contributed by atoms with E-state index in [1.165, 1.54) is 23.1 Å². The Bertz CT molecular complexity index is 1620. The lowest BCUT2D eigenvalue weighted by atomic mass is 9.76. The van der Waals surface area contributed by atoms with Gasteiger partial charge in [-0.1, -0.05) is 57.2 Å². The minimum absolute atomic E-state index is 0.0131. The predicted molar refractivity (Wildman–Crippen MR) is 152 cm³/mol. The summed E-state index contributed by atoms with van der Waals surface area (Å²) in [6.45, 7) is 0. The first-order chi connectivity index (χ1) is 18.9. The van der Waals surface area contributed by atoms with Crippen LogP contribution in [0.1, 0.15) is 36.3 Å². The number of carbonyl (C=O) groups is 2. The zero-order chi connectivity index (χ0) is 27.5. The van der Waals surface area contributed by atoms with Gasteiger partial charge in [0.1, 0.15) is 5.82 Å². The predicted octanol–water partition coefficient (Wildman–Crippen LogP) is 5.21. The van der Waals surface area contributed by atoms with Crippen LogP contribution in [-0.4, -0.2) is 27.6 Å². The number of Topliss-reactive ketones (excluding diaryl/α,β-unsaturated/α-hetero) is 1. The molecule has 0 saturated heterocycles. The quantitative estimate of drug-likeness (QED) is 0.355. The highest BCUT2D eigenvalue weighted by Crippen LogP contribution is 2.48. The maximum atomic E-state index is 13.3. The molecule has 0 saturated carbocycles. The van der Waals surface area contributed by atoms with Gasteiger partial charge in [0.15, 0.2) is 10.1 Å². The number of nitriles is 2. The molecule has 0 radical (unpaired) electrons. The Kier molecular flexibility index (Phi) is 7.79. The van der Waals surface area contributed by atoms with Crippen LogP contribution in [0.25, 0.3) is 0 Å². The first-order valence-electron chi connectivity index (χ1n) is 11.9. The van der Waals surface area contributed by atoms with Crippen LogP contribution in [0.15, 0.2) is 80.0 Å². The van der Waals surface area contributed by atoms with E-state index < -0.39 is 5.92 Å². The largest absolute Gasteiger partial charge is 0.384 e. The lowest BCUT2D eigenvalue weighted by Gasteiger charge is -2.38. The van der Waals surface area contributed by atoms with Crippen LogP contribution in [0.5, 0.6) is 0 Å². The molecule has 2 aromatic carbocycles. The van der Waals surface area contributed by atoms with E-state index in [1.807, 2.05) is 30.3 Å². The third-order valence-electron chi connectivity index (χ3n) is 6.34. The first-order valence-corrected chi connectivity index (χ1v) is 14.5. The Labute approximate surface area is 241 Å². The van der Waals surface area contributed by atoms with Crippen LogP contribution in [0.3, 0.4) is 0 Å². The average molecular weight is 619 g/mol. The summed E-state index contributed by atoms with van der Waals surface area (Å²) in [5.74, 6) is -0.499. The molecule has 3 N–H and O–H groups in total. The van der Waals surface area contributed by atoms with Gasteiger partial charge in [0.25, 0.3) is 0 Å². The highest BCUT2D eigenvalue weighted by Gasteiger charge is 2.41. The van der Waals surface area contributed by atoms with E-state index in [0.717, 1.165) is 15.7 Å². The molecule has 2 aliphatic rings. The van der Waals surface area contributed by atoms with Gasteiger partial charge >= 0.3 is 0 Å². The molecule has 1 amide bonds. The number of halogens is 1. The van der Waals surface area contributed by atoms with Gasteiger partial charge in [-0.15, -0.1) is 10.2 Å². The van der Waals surface area contributed by atoms with Crippen molar-refractivity contribution in [3.63, 3.8) is 0 Å². The number of thioether (sulfide) groups is 1.